The molecule has 0 aromatic heterocycles. The third kappa shape index (κ3) is 8.18. The molecule has 19 heavy (non-hydrogen) atoms. The zero-order chi connectivity index (χ0) is 15.2. The number of aliphatic hydroxyl groups is 1. The number of piperidine rings is 1. The number of carbonyl (C=O) groups is 1. The summed E-state index contributed by atoms with van der Waals surface area (Å²) in [5.74, 6) is -1.01. The number of aliphatic carboxylic acids is 1. The largest absolute Gasteiger partial charge is 0.481 e. The van der Waals surface area contributed by atoms with Crippen LogP contribution in [0.4, 0.5) is 0 Å². The van der Waals surface area contributed by atoms with Gasteiger partial charge in [0.2, 0.25) is 0 Å². The van der Waals surface area contributed by atoms with E-state index in [1.807, 2.05) is 34.7 Å². The van der Waals surface area contributed by atoms with Crippen LogP contribution in [0.15, 0.2) is 0 Å². The zero-order valence-electron chi connectivity index (χ0n) is 12.9. The lowest BCUT2D eigenvalue weighted by atomic mass is 9.88. The minimum absolute atomic E-state index is 0. The number of carboxylic acids is 1. The first-order valence-corrected chi connectivity index (χ1v) is 6.96. The van der Waals surface area contributed by atoms with Gasteiger partial charge in [0.25, 0.3) is 0 Å². The number of nitrogens with zero attached hydrogens (tertiary/aromatic N) is 1. The number of nitrogens with two attached hydrogens (primary N) is 1. The maximum absolute atomic E-state index is 10.8. The first-order valence-electron chi connectivity index (χ1n) is 6.96. The van der Waals surface area contributed by atoms with Crippen molar-refractivity contribution in [1.29, 1.82) is 0 Å². The van der Waals surface area contributed by atoms with Crippen LogP contribution in [0.25, 0.3) is 0 Å². The summed E-state index contributed by atoms with van der Waals surface area (Å²) in [4.78, 5) is 12.9. The molecule has 1 aliphatic heterocycles. The molecule has 0 amide bonds. The molecule has 1 aliphatic rings. The van der Waals surface area contributed by atoms with Gasteiger partial charge in [-0.3, -0.25) is 4.79 Å². The SMILES string of the molecule is CC(C)(C)N.CCC(O)C1CC(C(=O)O)CCN1C. The quantitative estimate of drug-likeness (QED) is 0.722. The van der Waals surface area contributed by atoms with Crippen LogP contribution in [0.2, 0.25) is 0 Å². The number of likely N-dealkylation sites (N-methyl/N-ethyl adjacent to an activating group) is 1. The Labute approximate surface area is 116 Å². The summed E-state index contributed by atoms with van der Waals surface area (Å²) >= 11 is 0. The topological polar surface area (TPSA) is 86.8 Å². The molecular weight excluding hydrogens is 244 g/mol. The van der Waals surface area contributed by atoms with Gasteiger partial charge in [-0.15, -0.1) is 0 Å². The van der Waals surface area contributed by atoms with Gasteiger partial charge in [0.1, 0.15) is 0 Å². The van der Waals surface area contributed by atoms with Crippen molar-refractivity contribution >= 4 is 5.97 Å². The van der Waals surface area contributed by atoms with Gasteiger partial charge in [-0.2, -0.15) is 0 Å². The van der Waals surface area contributed by atoms with E-state index in [9.17, 15) is 9.90 Å². The maximum Gasteiger partial charge on any atom is 0.306 e. The third-order valence-corrected chi connectivity index (χ3v) is 3.13. The Hall–Kier alpha value is -0.650. The Balaban J connectivity index is 0.000000555. The molecule has 0 spiro atoms. The molecule has 5 nitrogen and oxygen atoms in total. The highest BCUT2D eigenvalue weighted by Gasteiger charge is 2.33. The van der Waals surface area contributed by atoms with Crippen LogP contribution < -0.4 is 5.73 Å². The number of hydrogen-bond acceptors (Lipinski definition) is 4. The molecule has 0 bridgehead atoms. The van der Waals surface area contributed by atoms with Crippen molar-refractivity contribution in [3.05, 3.63) is 0 Å². The summed E-state index contributed by atoms with van der Waals surface area (Å²) in [6.45, 7) is 8.58. The molecule has 0 aromatic rings. The number of carboxylic acid groups (broad SMARTS) is 1. The van der Waals surface area contributed by atoms with Crippen LogP contribution in [0.3, 0.4) is 0 Å². The second-order valence-electron chi connectivity index (χ2n) is 6.45. The van der Waals surface area contributed by atoms with E-state index in [0.29, 0.717) is 19.3 Å². The zero-order valence-corrected chi connectivity index (χ0v) is 12.9. The van der Waals surface area contributed by atoms with E-state index >= 15 is 0 Å². The standard InChI is InChI=1S/C10H19NO3.C4H11N/c1-3-9(12)8-6-7(10(13)14)4-5-11(8)2;1-4(2,3)5/h7-9,12H,3-6H2,1-2H3,(H,13,14);5H2,1-3H3. The van der Waals surface area contributed by atoms with Crippen LogP contribution in [0.1, 0.15) is 47.0 Å². The fourth-order valence-electron chi connectivity index (χ4n) is 2.06. The molecular formula is C14H30N2O3. The van der Waals surface area contributed by atoms with Crippen molar-refractivity contribution in [2.75, 3.05) is 13.6 Å². The molecule has 1 rings (SSSR count). The summed E-state index contributed by atoms with van der Waals surface area (Å²) < 4.78 is 0. The van der Waals surface area contributed by atoms with E-state index in [1.54, 1.807) is 0 Å². The van der Waals surface area contributed by atoms with E-state index in [-0.39, 0.29) is 17.5 Å². The van der Waals surface area contributed by atoms with Gasteiger partial charge in [-0.05, 0) is 53.6 Å². The van der Waals surface area contributed by atoms with Crippen LogP contribution in [-0.4, -0.2) is 52.4 Å². The lowest BCUT2D eigenvalue weighted by molar-refractivity contribution is -0.144. The number of rotatable bonds is 3. The molecule has 0 aromatic carbocycles. The number of likely N-dealkylation sites (tertiary alicyclic amines) is 1. The first-order chi connectivity index (χ1) is 8.56. The Kier molecular flexibility index (Phi) is 7.55. The Bertz CT molecular complexity index is 266. The molecule has 0 aliphatic carbocycles. The van der Waals surface area contributed by atoms with Gasteiger partial charge in [0.05, 0.1) is 12.0 Å². The molecule has 1 saturated heterocycles. The normalized spacial score (nSPS) is 26.3. The van der Waals surface area contributed by atoms with Crippen LogP contribution in [0, 0.1) is 5.92 Å². The molecule has 0 radical (unpaired) electrons. The van der Waals surface area contributed by atoms with Crippen molar-refractivity contribution in [3.63, 3.8) is 0 Å². The fraction of sp³-hybridized carbons (Fsp3) is 0.929. The average molecular weight is 274 g/mol. The van der Waals surface area contributed by atoms with Gasteiger partial charge in [-0.25, -0.2) is 0 Å². The second kappa shape index (κ2) is 7.82. The van der Waals surface area contributed by atoms with Crippen molar-refractivity contribution in [1.82, 2.24) is 4.90 Å². The lowest BCUT2D eigenvalue weighted by Crippen LogP contribution is -2.48. The summed E-state index contributed by atoms with van der Waals surface area (Å²) in [5.41, 5.74) is 5.35. The minimum atomic E-state index is -0.730. The van der Waals surface area contributed by atoms with E-state index in [1.165, 1.54) is 0 Å². The van der Waals surface area contributed by atoms with Crippen molar-refractivity contribution in [3.8, 4) is 0 Å². The van der Waals surface area contributed by atoms with E-state index < -0.39 is 12.1 Å². The predicted molar refractivity (Wildman–Crippen MR) is 77.0 cm³/mol. The Morgan fingerprint density at radius 2 is 1.95 bits per heavy atom. The molecule has 3 atom stereocenters. The average Bonchev–Trinajstić information content (AvgIpc) is 2.26. The minimum Gasteiger partial charge on any atom is -0.481 e. The van der Waals surface area contributed by atoms with Gasteiger partial charge < -0.3 is 20.8 Å². The smallest absolute Gasteiger partial charge is 0.306 e. The number of hydrogen-bond donors (Lipinski definition) is 3. The fourth-order valence-corrected chi connectivity index (χ4v) is 2.06. The van der Waals surface area contributed by atoms with Gasteiger partial charge in [0, 0.05) is 11.6 Å². The van der Waals surface area contributed by atoms with E-state index in [0.717, 1.165) is 6.54 Å². The molecule has 4 N–H and O–H groups in total. The lowest BCUT2D eigenvalue weighted by Gasteiger charge is -2.38. The van der Waals surface area contributed by atoms with Gasteiger partial charge in [-0.1, -0.05) is 6.92 Å². The van der Waals surface area contributed by atoms with Crippen LogP contribution in [-0.2, 0) is 4.79 Å². The Morgan fingerprint density at radius 3 is 2.32 bits per heavy atom. The van der Waals surface area contributed by atoms with Crippen molar-refractivity contribution in [2.24, 2.45) is 11.7 Å². The van der Waals surface area contributed by atoms with Gasteiger partial charge >= 0.3 is 5.97 Å². The third-order valence-electron chi connectivity index (χ3n) is 3.13. The summed E-state index contributed by atoms with van der Waals surface area (Å²) in [7, 11) is 1.95. The maximum atomic E-state index is 10.8. The monoisotopic (exact) mass is 274 g/mol. The van der Waals surface area contributed by atoms with Crippen molar-refractivity contribution in [2.45, 2.75) is 64.6 Å². The van der Waals surface area contributed by atoms with E-state index in [2.05, 4.69) is 4.90 Å². The first kappa shape index (κ1) is 18.4. The molecule has 5 heteroatoms. The summed E-state index contributed by atoms with van der Waals surface area (Å²) in [6.07, 6.45) is 1.54. The molecule has 1 heterocycles. The molecule has 1 fully saturated rings. The highest BCUT2D eigenvalue weighted by Crippen LogP contribution is 2.24. The molecule has 3 unspecified atom stereocenters. The van der Waals surface area contributed by atoms with Crippen LogP contribution in [0.5, 0.6) is 0 Å². The van der Waals surface area contributed by atoms with E-state index in [4.69, 9.17) is 10.8 Å². The highest BCUT2D eigenvalue weighted by molar-refractivity contribution is 5.70. The summed E-state index contributed by atoms with van der Waals surface area (Å²) in [6, 6.07) is 0.00912. The number of aliphatic hydroxyl groups excluding tert-OH is 1. The molecule has 0 saturated carbocycles. The van der Waals surface area contributed by atoms with Gasteiger partial charge in [0.15, 0.2) is 0 Å². The highest BCUT2D eigenvalue weighted by atomic mass is 16.4. The van der Waals surface area contributed by atoms with Crippen LogP contribution >= 0.6 is 0 Å². The van der Waals surface area contributed by atoms with Crippen molar-refractivity contribution < 1.29 is 15.0 Å². The summed E-state index contributed by atoms with van der Waals surface area (Å²) in [5, 5.41) is 18.6. The molecule has 114 valence electrons. The predicted octanol–water partition coefficient (Wildman–Crippen LogP) is 1.30. The second-order valence-corrected chi connectivity index (χ2v) is 6.45. The Morgan fingerprint density at radius 1 is 1.47 bits per heavy atom.